The Hall–Kier alpha value is 0.270. The molecule has 0 atom stereocenters. The predicted molar refractivity (Wildman–Crippen MR) is 22.6 cm³/mol. The zero-order chi connectivity index (χ0) is 5.21. The highest BCUT2D eigenvalue weighted by molar-refractivity contribution is 7.58. The molecule has 0 saturated carbocycles. The van der Waals surface area contributed by atoms with Gasteiger partial charge in [-0.05, 0) is 0 Å². The van der Waals surface area contributed by atoms with E-state index >= 15 is 0 Å². The Morgan fingerprint density at radius 2 is 1.50 bits per heavy atom. The third kappa shape index (κ3) is 4.27. The lowest BCUT2D eigenvalue weighted by Crippen LogP contribution is -2.03. The van der Waals surface area contributed by atoms with Gasteiger partial charge in [0.05, 0.1) is 0 Å². The van der Waals surface area contributed by atoms with Crippen molar-refractivity contribution in [1.29, 1.82) is 0 Å². The normalized spacial score (nSPS) is 12.0. The van der Waals surface area contributed by atoms with E-state index in [1.807, 2.05) is 0 Å². The molecule has 5 heteroatoms. The highest BCUT2D eigenvalue weighted by Crippen LogP contribution is 2.41. The van der Waals surface area contributed by atoms with Crippen LogP contribution in [0.3, 0.4) is 0 Å². The average molecular weight is 112 g/mol. The first kappa shape index (κ1) is 6.27. The molecule has 6 heavy (non-hydrogen) atoms. The molecule has 0 radical (unpaired) electrons. The van der Waals surface area contributed by atoms with Crippen molar-refractivity contribution >= 4 is 7.94 Å². The zero-order valence-electron chi connectivity index (χ0n) is 3.07. The topological polar surface area (TPSA) is 86.7 Å². The maximum absolute atomic E-state index is 7.92. The molecule has 0 heterocycles. The highest BCUT2D eigenvalue weighted by Gasteiger charge is 2.25. The van der Waals surface area contributed by atoms with Gasteiger partial charge >= 0.3 is 7.94 Å². The van der Waals surface area contributed by atoms with Crippen molar-refractivity contribution in [2.75, 3.05) is 6.29 Å². The Bertz CT molecular complexity index is 40.5. The van der Waals surface area contributed by atoms with E-state index in [4.69, 9.17) is 14.7 Å². The summed E-state index contributed by atoms with van der Waals surface area (Å²) in [6.45, 7) is 0. The van der Waals surface area contributed by atoms with E-state index in [1.165, 1.54) is 0 Å². The second kappa shape index (κ2) is 1.82. The Morgan fingerprint density at radius 3 is 1.50 bits per heavy atom. The number of rotatable bonds is 1. The van der Waals surface area contributed by atoms with Gasteiger partial charge in [-0.15, -0.1) is 0 Å². The Labute approximate surface area is 35.8 Å². The second-order valence-corrected chi connectivity index (χ2v) is 2.63. The standard InChI is InChI=1S/CH7NO3P/c2-1-6(3,4)5/h3-5H,1-2H2/q+1. The van der Waals surface area contributed by atoms with Crippen molar-refractivity contribution in [3.63, 3.8) is 0 Å². The van der Waals surface area contributed by atoms with Crippen LogP contribution in [0.4, 0.5) is 0 Å². The number of hydrogen-bond donors (Lipinski definition) is 4. The highest BCUT2D eigenvalue weighted by atomic mass is 31.2. The molecular weight excluding hydrogens is 105 g/mol. The molecule has 0 aliphatic carbocycles. The van der Waals surface area contributed by atoms with Crippen molar-refractivity contribution in [2.24, 2.45) is 5.73 Å². The lowest BCUT2D eigenvalue weighted by atomic mass is 11.6. The lowest BCUT2D eigenvalue weighted by molar-refractivity contribution is 0.331. The SMILES string of the molecule is NC[P+](O)(O)O. The molecule has 0 unspecified atom stereocenters. The van der Waals surface area contributed by atoms with Crippen LogP contribution in [-0.4, -0.2) is 21.0 Å². The van der Waals surface area contributed by atoms with Gasteiger partial charge in [-0.25, -0.2) is 0 Å². The molecular formula is CH7NO3P+. The van der Waals surface area contributed by atoms with Crippen LogP contribution < -0.4 is 5.73 Å². The summed E-state index contributed by atoms with van der Waals surface area (Å²) in [5.41, 5.74) is 4.60. The third-order valence-corrected chi connectivity index (χ3v) is 0.735. The van der Waals surface area contributed by atoms with Crippen molar-refractivity contribution in [1.82, 2.24) is 0 Å². The van der Waals surface area contributed by atoms with Crippen LogP contribution in [0.25, 0.3) is 0 Å². The van der Waals surface area contributed by atoms with Crippen LogP contribution in [-0.2, 0) is 0 Å². The molecule has 0 saturated heterocycles. The van der Waals surface area contributed by atoms with E-state index in [0.29, 0.717) is 0 Å². The molecule has 0 fully saturated rings. The molecule has 0 aliphatic heterocycles. The second-order valence-electron chi connectivity index (χ2n) is 0.875. The van der Waals surface area contributed by atoms with Gasteiger partial charge in [0, 0.05) is 0 Å². The van der Waals surface area contributed by atoms with Crippen molar-refractivity contribution in [3.8, 4) is 0 Å². The van der Waals surface area contributed by atoms with Gasteiger partial charge < -0.3 is 0 Å². The Morgan fingerprint density at radius 1 is 1.33 bits per heavy atom. The molecule has 0 spiro atoms. The van der Waals surface area contributed by atoms with Crippen LogP contribution in [0.5, 0.6) is 0 Å². The van der Waals surface area contributed by atoms with Crippen molar-refractivity contribution < 1.29 is 14.7 Å². The number of hydrogen-bond acceptors (Lipinski definition) is 4. The summed E-state index contributed by atoms with van der Waals surface area (Å²) in [5.74, 6) is 0. The van der Waals surface area contributed by atoms with Gasteiger partial charge in [0.2, 0.25) is 0 Å². The molecule has 0 aromatic carbocycles. The van der Waals surface area contributed by atoms with Gasteiger partial charge in [-0.1, -0.05) is 0 Å². The van der Waals surface area contributed by atoms with E-state index < -0.39 is 14.2 Å². The minimum absolute atomic E-state index is 0.451. The monoisotopic (exact) mass is 112 g/mol. The van der Waals surface area contributed by atoms with Gasteiger partial charge in [-0.3, -0.25) is 5.73 Å². The largest absolute Gasteiger partial charge is 0.418 e. The van der Waals surface area contributed by atoms with E-state index in [-0.39, 0.29) is 0 Å². The quantitative estimate of drug-likeness (QED) is 0.315. The first-order valence-electron chi connectivity index (χ1n) is 1.32. The molecule has 0 rings (SSSR count). The summed E-state index contributed by atoms with van der Waals surface area (Å²) in [7, 11) is -3.62. The maximum Gasteiger partial charge on any atom is 0.418 e. The van der Waals surface area contributed by atoms with Gasteiger partial charge in [0.1, 0.15) is 0 Å². The summed E-state index contributed by atoms with van der Waals surface area (Å²) in [6.07, 6.45) is -0.451. The minimum atomic E-state index is -3.62. The first-order chi connectivity index (χ1) is 2.56. The third-order valence-electron chi connectivity index (χ3n) is 0.245. The van der Waals surface area contributed by atoms with Crippen LogP contribution in [0, 0.1) is 0 Å². The van der Waals surface area contributed by atoms with E-state index in [0.717, 1.165) is 0 Å². The van der Waals surface area contributed by atoms with Gasteiger partial charge in [-0.2, -0.15) is 14.7 Å². The Kier molecular flexibility index (Phi) is 1.90. The van der Waals surface area contributed by atoms with E-state index in [9.17, 15) is 0 Å². The van der Waals surface area contributed by atoms with Gasteiger partial charge in [0.15, 0.2) is 6.29 Å². The van der Waals surface area contributed by atoms with Crippen molar-refractivity contribution in [2.45, 2.75) is 0 Å². The van der Waals surface area contributed by atoms with Crippen LogP contribution >= 0.6 is 7.94 Å². The molecule has 0 amide bonds. The molecule has 5 N–H and O–H groups in total. The van der Waals surface area contributed by atoms with Crippen LogP contribution in [0.2, 0.25) is 0 Å². The first-order valence-corrected chi connectivity index (χ1v) is 3.16. The van der Waals surface area contributed by atoms with Crippen LogP contribution in [0.1, 0.15) is 0 Å². The smallest absolute Gasteiger partial charge is 0.292 e. The molecule has 0 aromatic heterocycles. The molecule has 0 bridgehead atoms. The molecule has 0 aromatic rings. The lowest BCUT2D eigenvalue weighted by Gasteiger charge is -1.94. The molecule has 38 valence electrons. The number of nitrogens with two attached hydrogens (primary N) is 1. The molecule has 4 nitrogen and oxygen atoms in total. The molecule has 0 aliphatic rings. The van der Waals surface area contributed by atoms with E-state index in [1.54, 1.807) is 0 Å². The predicted octanol–water partition coefficient (Wildman–Crippen LogP) is -1.36. The van der Waals surface area contributed by atoms with Crippen molar-refractivity contribution in [3.05, 3.63) is 0 Å². The van der Waals surface area contributed by atoms with E-state index in [2.05, 4.69) is 5.73 Å². The zero-order valence-corrected chi connectivity index (χ0v) is 3.97. The minimum Gasteiger partial charge on any atom is -0.292 e. The summed E-state index contributed by atoms with van der Waals surface area (Å²) in [5, 5.41) is 0. The Balaban J connectivity index is 3.17. The summed E-state index contributed by atoms with van der Waals surface area (Å²) >= 11 is 0. The average Bonchev–Trinajstić information content (AvgIpc) is 1.35. The fourth-order valence-electron chi connectivity index (χ4n) is 0. The fraction of sp³-hybridized carbons (Fsp3) is 1.00. The fourth-order valence-corrected chi connectivity index (χ4v) is 0. The summed E-state index contributed by atoms with van der Waals surface area (Å²) < 4.78 is 0. The van der Waals surface area contributed by atoms with Gasteiger partial charge in [0.25, 0.3) is 0 Å². The summed E-state index contributed by atoms with van der Waals surface area (Å²) in [4.78, 5) is 23.8. The van der Waals surface area contributed by atoms with Crippen LogP contribution in [0.15, 0.2) is 0 Å². The maximum atomic E-state index is 7.92. The summed E-state index contributed by atoms with van der Waals surface area (Å²) in [6, 6.07) is 0.